The molecule has 1 fully saturated rings. The van der Waals surface area contributed by atoms with E-state index >= 15 is 0 Å². The van der Waals surface area contributed by atoms with Gasteiger partial charge in [0.05, 0.1) is 24.4 Å². The van der Waals surface area contributed by atoms with Crippen molar-refractivity contribution in [1.82, 2.24) is 14.7 Å². The van der Waals surface area contributed by atoms with Crippen LogP contribution in [0, 0.1) is 13.8 Å². The second kappa shape index (κ2) is 5.51. The lowest BCUT2D eigenvalue weighted by molar-refractivity contribution is 0.0700. The van der Waals surface area contributed by atoms with Crippen molar-refractivity contribution >= 4 is 5.91 Å². The lowest BCUT2D eigenvalue weighted by atomic mass is 10.0. The summed E-state index contributed by atoms with van der Waals surface area (Å²) < 4.78 is 12.7. The first-order chi connectivity index (χ1) is 10.5. The standard InChI is InChI=1S/C16H21N3O3/c1-10-7-8-13(22-10)15(20)19-9-5-6-12(19)14-11(2)17-18(3)16(14)21-4/h7-8,12H,5-6,9H2,1-4H3/t12-/m1/s1. The van der Waals surface area contributed by atoms with Crippen molar-refractivity contribution in [3.05, 3.63) is 34.9 Å². The molecule has 1 amide bonds. The summed E-state index contributed by atoms with van der Waals surface area (Å²) >= 11 is 0. The van der Waals surface area contributed by atoms with E-state index < -0.39 is 0 Å². The Morgan fingerprint density at radius 3 is 2.82 bits per heavy atom. The van der Waals surface area contributed by atoms with E-state index in [1.807, 2.05) is 31.9 Å². The van der Waals surface area contributed by atoms with Gasteiger partial charge in [-0.15, -0.1) is 0 Å². The number of methoxy groups -OCH3 is 1. The minimum absolute atomic E-state index is 0.0124. The Labute approximate surface area is 129 Å². The lowest BCUT2D eigenvalue weighted by Gasteiger charge is -2.24. The molecule has 6 nitrogen and oxygen atoms in total. The van der Waals surface area contributed by atoms with Gasteiger partial charge in [-0.25, -0.2) is 4.68 Å². The van der Waals surface area contributed by atoms with Crippen LogP contribution < -0.4 is 4.74 Å². The predicted molar refractivity (Wildman–Crippen MR) is 81.0 cm³/mol. The molecule has 1 atom stereocenters. The van der Waals surface area contributed by atoms with E-state index in [2.05, 4.69) is 5.10 Å². The van der Waals surface area contributed by atoms with Crippen LogP contribution in [-0.4, -0.2) is 34.2 Å². The maximum atomic E-state index is 12.7. The van der Waals surface area contributed by atoms with Gasteiger partial charge in [0.2, 0.25) is 5.88 Å². The first-order valence-electron chi connectivity index (χ1n) is 7.47. The number of hydrogen-bond acceptors (Lipinski definition) is 4. The second-order valence-corrected chi connectivity index (χ2v) is 5.70. The number of amides is 1. The van der Waals surface area contributed by atoms with Crippen molar-refractivity contribution in [2.75, 3.05) is 13.7 Å². The van der Waals surface area contributed by atoms with E-state index in [-0.39, 0.29) is 11.9 Å². The zero-order valence-electron chi connectivity index (χ0n) is 13.4. The smallest absolute Gasteiger partial charge is 0.290 e. The van der Waals surface area contributed by atoms with Crippen LogP contribution in [0.2, 0.25) is 0 Å². The summed E-state index contributed by atoms with van der Waals surface area (Å²) in [6.07, 6.45) is 1.88. The van der Waals surface area contributed by atoms with E-state index in [0.29, 0.717) is 5.76 Å². The van der Waals surface area contributed by atoms with Crippen molar-refractivity contribution in [2.24, 2.45) is 7.05 Å². The Morgan fingerprint density at radius 2 is 2.18 bits per heavy atom. The quantitative estimate of drug-likeness (QED) is 0.874. The summed E-state index contributed by atoms with van der Waals surface area (Å²) in [6.45, 7) is 4.52. The third kappa shape index (κ3) is 2.28. The van der Waals surface area contributed by atoms with Crippen molar-refractivity contribution < 1.29 is 13.9 Å². The molecule has 22 heavy (non-hydrogen) atoms. The van der Waals surface area contributed by atoms with Crippen molar-refractivity contribution in [2.45, 2.75) is 32.7 Å². The number of nitrogens with zero attached hydrogens (tertiary/aromatic N) is 3. The zero-order valence-corrected chi connectivity index (χ0v) is 13.4. The number of likely N-dealkylation sites (tertiary alicyclic amines) is 1. The molecular formula is C16H21N3O3. The van der Waals surface area contributed by atoms with Crippen LogP contribution in [0.25, 0.3) is 0 Å². The number of rotatable bonds is 3. The molecule has 0 unspecified atom stereocenters. The summed E-state index contributed by atoms with van der Waals surface area (Å²) in [5.74, 6) is 1.79. The summed E-state index contributed by atoms with van der Waals surface area (Å²) in [5.41, 5.74) is 1.90. The fourth-order valence-electron chi connectivity index (χ4n) is 3.28. The van der Waals surface area contributed by atoms with Gasteiger partial charge in [0.25, 0.3) is 5.91 Å². The third-order valence-electron chi connectivity index (χ3n) is 4.21. The van der Waals surface area contributed by atoms with E-state index in [0.717, 1.165) is 42.3 Å². The number of aromatic nitrogens is 2. The highest BCUT2D eigenvalue weighted by Gasteiger charge is 2.36. The van der Waals surface area contributed by atoms with Crippen LogP contribution >= 0.6 is 0 Å². The van der Waals surface area contributed by atoms with Gasteiger partial charge in [0, 0.05) is 13.6 Å². The Balaban J connectivity index is 1.95. The third-order valence-corrected chi connectivity index (χ3v) is 4.21. The number of ether oxygens (including phenoxy) is 1. The lowest BCUT2D eigenvalue weighted by Crippen LogP contribution is -2.30. The fourth-order valence-corrected chi connectivity index (χ4v) is 3.28. The first kappa shape index (κ1) is 14.7. The molecule has 6 heteroatoms. The van der Waals surface area contributed by atoms with Gasteiger partial charge in [0.15, 0.2) is 5.76 Å². The number of furan rings is 1. The highest BCUT2D eigenvalue weighted by Crippen LogP contribution is 2.39. The zero-order chi connectivity index (χ0) is 15.9. The molecule has 1 aliphatic rings. The molecule has 0 N–H and O–H groups in total. The van der Waals surface area contributed by atoms with Gasteiger partial charge < -0.3 is 14.1 Å². The summed E-state index contributed by atoms with van der Waals surface area (Å²) in [7, 11) is 3.49. The van der Waals surface area contributed by atoms with Crippen LogP contribution in [0.4, 0.5) is 0 Å². The molecule has 0 spiro atoms. The average molecular weight is 303 g/mol. The summed E-state index contributed by atoms with van der Waals surface area (Å²) in [6, 6.07) is 3.54. The molecule has 1 saturated heterocycles. The van der Waals surface area contributed by atoms with Crippen LogP contribution in [0.15, 0.2) is 16.5 Å². The maximum absolute atomic E-state index is 12.7. The molecule has 118 valence electrons. The molecule has 2 aromatic heterocycles. The van der Waals surface area contributed by atoms with E-state index in [1.54, 1.807) is 17.9 Å². The number of carbonyl (C=O) groups excluding carboxylic acids is 1. The van der Waals surface area contributed by atoms with Gasteiger partial charge in [-0.1, -0.05) is 0 Å². The largest absolute Gasteiger partial charge is 0.481 e. The normalized spacial score (nSPS) is 18.0. The molecule has 0 bridgehead atoms. The van der Waals surface area contributed by atoms with Gasteiger partial charge in [-0.05, 0) is 38.8 Å². The molecule has 0 radical (unpaired) electrons. The molecule has 0 aromatic carbocycles. The minimum atomic E-state index is -0.0686. The van der Waals surface area contributed by atoms with Crippen LogP contribution in [0.1, 0.15) is 46.5 Å². The maximum Gasteiger partial charge on any atom is 0.290 e. The van der Waals surface area contributed by atoms with Crippen LogP contribution in [-0.2, 0) is 7.05 Å². The van der Waals surface area contributed by atoms with Gasteiger partial charge in [-0.3, -0.25) is 4.79 Å². The molecule has 3 heterocycles. The average Bonchev–Trinajstić information content (AvgIpc) is 3.16. The number of hydrogen-bond donors (Lipinski definition) is 0. The van der Waals surface area contributed by atoms with Gasteiger partial charge in [-0.2, -0.15) is 5.10 Å². The van der Waals surface area contributed by atoms with Gasteiger partial charge in [0.1, 0.15) is 5.76 Å². The monoisotopic (exact) mass is 303 g/mol. The van der Waals surface area contributed by atoms with E-state index in [9.17, 15) is 4.79 Å². The number of carbonyl (C=O) groups is 1. The van der Waals surface area contributed by atoms with E-state index in [4.69, 9.17) is 9.15 Å². The fraction of sp³-hybridized carbons (Fsp3) is 0.500. The highest BCUT2D eigenvalue weighted by atomic mass is 16.5. The molecule has 1 aliphatic heterocycles. The van der Waals surface area contributed by atoms with Gasteiger partial charge >= 0.3 is 0 Å². The van der Waals surface area contributed by atoms with Crippen LogP contribution in [0.5, 0.6) is 5.88 Å². The Hall–Kier alpha value is -2.24. The molecule has 0 saturated carbocycles. The summed E-state index contributed by atoms with van der Waals surface area (Å²) in [5, 5.41) is 4.43. The Kier molecular flexibility index (Phi) is 3.68. The van der Waals surface area contributed by atoms with Crippen molar-refractivity contribution in [3.8, 4) is 5.88 Å². The van der Waals surface area contributed by atoms with Crippen molar-refractivity contribution in [1.29, 1.82) is 0 Å². The summed E-state index contributed by atoms with van der Waals surface area (Å²) in [4.78, 5) is 14.6. The minimum Gasteiger partial charge on any atom is -0.481 e. The van der Waals surface area contributed by atoms with Crippen molar-refractivity contribution in [3.63, 3.8) is 0 Å². The van der Waals surface area contributed by atoms with Crippen LogP contribution in [0.3, 0.4) is 0 Å². The Morgan fingerprint density at radius 1 is 1.41 bits per heavy atom. The topological polar surface area (TPSA) is 60.5 Å². The SMILES string of the molecule is COc1c([C@H]2CCCN2C(=O)c2ccc(C)o2)c(C)nn1C. The predicted octanol–water partition coefficient (Wildman–Crippen LogP) is 2.62. The van der Waals surface area contributed by atoms with E-state index in [1.165, 1.54) is 0 Å². The highest BCUT2D eigenvalue weighted by molar-refractivity contribution is 5.92. The number of aryl methyl sites for hydroxylation is 3. The molecule has 2 aromatic rings. The molecular weight excluding hydrogens is 282 g/mol. The molecule has 0 aliphatic carbocycles. The molecule has 3 rings (SSSR count). The second-order valence-electron chi connectivity index (χ2n) is 5.70. The first-order valence-corrected chi connectivity index (χ1v) is 7.47. The Bertz CT molecular complexity index is 702.